The highest BCUT2D eigenvalue weighted by Crippen LogP contribution is 2.27. The van der Waals surface area contributed by atoms with Gasteiger partial charge in [0, 0.05) is 30.7 Å². The number of aliphatic hydroxyl groups is 1. The van der Waals surface area contributed by atoms with E-state index >= 15 is 0 Å². The van der Waals surface area contributed by atoms with E-state index in [4.69, 9.17) is 22.4 Å². The second-order valence-electron chi connectivity index (χ2n) is 4.73. The van der Waals surface area contributed by atoms with E-state index in [-0.39, 0.29) is 12.6 Å². The van der Waals surface area contributed by atoms with Crippen molar-refractivity contribution >= 4 is 11.6 Å². The van der Waals surface area contributed by atoms with E-state index in [1.807, 2.05) is 12.1 Å². The number of nitrogens with two attached hydrogens (primary N) is 1. The lowest BCUT2D eigenvalue weighted by atomic mass is 9.88. The van der Waals surface area contributed by atoms with E-state index in [9.17, 15) is 0 Å². The molecule has 0 spiro atoms. The van der Waals surface area contributed by atoms with Gasteiger partial charge in [-0.3, -0.25) is 4.90 Å². The Morgan fingerprint density at radius 2 is 2.00 bits per heavy atom. The van der Waals surface area contributed by atoms with E-state index < -0.39 is 0 Å². The average molecular weight is 255 g/mol. The van der Waals surface area contributed by atoms with Gasteiger partial charge in [-0.15, -0.1) is 0 Å². The Morgan fingerprint density at radius 1 is 1.29 bits per heavy atom. The quantitative estimate of drug-likeness (QED) is 0.859. The molecule has 1 saturated heterocycles. The second-order valence-corrected chi connectivity index (χ2v) is 5.16. The van der Waals surface area contributed by atoms with Crippen LogP contribution in [-0.4, -0.2) is 42.3 Å². The van der Waals surface area contributed by atoms with Crippen LogP contribution in [0, 0.1) is 0 Å². The van der Waals surface area contributed by atoms with Crippen LogP contribution in [0.1, 0.15) is 17.9 Å². The molecule has 3 N–H and O–H groups in total. The number of hydrogen-bond acceptors (Lipinski definition) is 3. The van der Waals surface area contributed by atoms with Gasteiger partial charge in [-0.05, 0) is 30.0 Å². The summed E-state index contributed by atoms with van der Waals surface area (Å²) in [7, 11) is 0. The van der Waals surface area contributed by atoms with Crippen molar-refractivity contribution in [2.24, 2.45) is 5.73 Å². The number of likely N-dealkylation sites (tertiary alicyclic amines) is 1. The molecule has 1 aliphatic heterocycles. The fraction of sp³-hybridized carbons (Fsp3) is 0.538. The summed E-state index contributed by atoms with van der Waals surface area (Å²) in [5.41, 5.74) is 7.35. The molecule has 2 unspecified atom stereocenters. The number of halogens is 1. The van der Waals surface area contributed by atoms with Crippen LogP contribution in [0.15, 0.2) is 24.3 Å². The Hall–Kier alpha value is -0.610. The molecule has 4 heteroatoms. The highest BCUT2D eigenvalue weighted by Gasteiger charge is 2.25. The fourth-order valence-corrected chi connectivity index (χ4v) is 2.66. The third-order valence-corrected chi connectivity index (χ3v) is 3.57. The first-order valence-electron chi connectivity index (χ1n) is 6.03. The molecule has 2 rings (SSSR count). The number of benzene rings is 1. The zero-order chi connectivity index (χ0) is 12.3. The number of hydrogen-bond donors (Lipinski definition) is 2. The Bertz CT molecular complexity index is 355. The fourth-order valence-electron chi connectivity index (χ4n) is 2.53. The number of piperidine rings is 1. The molecule has 1 heterocycles. The van der Waals surface area contributed by atoms with Gasteiger partial charge in [0.2, 0.25) is 0 Å². The minimum Gasteiger partial charge on any atom is -0.395 e. The summed E-state index contributed by atoms with van der Waals surface area (Å²) < 4.78 is 0. The number of aliphatic hydroxyl groups excluding tert-OH is 1. The van der Waals surface area contributed by atoms with Crippen LogP contribution in [0.3, 0.4) is 0 Å². The molecular weight excluding hydrogens is 236 g/mol. The van der Waals surface area contributed by atoms with Crippen molar-refractivity contribution in [3.8, 4) is 0 Å². The van der Waals surface area contributed by atoms with E-state index in [1.165, 1.54) is 5.56 Å². The van der Waals surface area contributed by atoms with Gasteiger partial charge < -0.3 is 10.8 Å². The van der Waals surface area contributed by atoms with Crippen LogP contribution >= 0.6 is 11.6 Å². The monoisotopic (exact) mass is 254 g/mol. The second kappa shape index (κ2) is 5.83. The summed E-state index contributed by atoms with van der Waals surface area (Å²) in [6.07, 6.45) is 1.00. The maximum atomic E-state index is 9.00. The predicted octanol–water partition coefficient (Wildman–Crippen LogP) is 1.45. The summed E-state index contributed by atoms with van der Waals surface area (Å²) >= 11 is 5.89. The number of nitrogens with zero attached hydrogens (tertiary/aromatic N) is 1. The topological polar surface area (TPSA) is 49.5 Å². The normalized spacial score (nSPS) is 26.1. The Labute approximate surface area is 107 Å². The third kappa shape index (κ3) is 3.42. The first-order chi connectivity index (χ1) is 8.19. The van der Waals surface area contributed by atoms with Crippen molar-refractivity contribution < 1.29 is 5.11 Å². The maximum absolute atomic E-state index is 9.00. The van der Waals surface area contributed by atoms with Gasteiger partial charge >= 0.3 is 0 Å². The van der Waals surface area contributed by atoms with E-state index in [0.29, 0.717) is 12.5 Å². The van der Waals surface area contributed by atoms with Gasteiger partial charge in [-0.2, -0.15) is 0 Å². The standard InChI is InChI=1S/C13H19ClN2O/c14-12-3-1-10(2-4-12)11-7-13(15)9-16(8-11)5-6-17/h1-4,11,13,17H,5-9,15H2. The van der Waals surface area contributed by atoms with Crippen LogP contribution in [0.2, 0.25) is 5.02 Å². The summed E-state index contributed by atoms with van der Waals surface area (Å²) in [6, 6.07) is 8.18. The minimum atomic E-state index is 0.191. The summed E-state index contributed by atoms with van der Waals surface area (Å²) in [4.78, 5) is 2.23. The van der Waals surface area contributed by atoms with Gasteiger partial charge in [-0.25, -0.2) is 0 Å². The molecule has 0 aromatic heterocycles. The van der Waals surface area contributed by atoms with Gasteiger partial charge in [0.25, 0.3) is 0 Å². The van der Waals surface area contributed by atoms with Gasteiger partial charge in [0.1, 0.15) is 0 Å². The van der Waals surface area contributed by atoms with Crippen molar-refractivity contribution in [1.29, 1.82) is 0 Å². The summed E-state index contributed by atoms with van der Waals surface area (Å²) in [6.45, 7) is 2.75. The lowest BCUT2D eigenvalue weighted by Gasteiger charge is -2.36. The molecule has 0 amide bonds. The Balaban J connectivity index is 2.06. The SMILES string of the molecule is NC1CC(c2ccc(Cl)cc2)CN(CCO)C1. The van der Waals surface area contributed by atoms with Gasteiger partial charge in [-0.1, -0.05) is 23.7 Å². The van der Waals surface area contributed by atoms with Crippen LogP contribution < -0.4 is 5.73 Å². The smallest absolute Gasteiger partial charge is 0.0558 e. The predicted molar refractivity (Wildman–Crippen MR) is 70.3 cm³/mol. The molecule has 17 heavy (non-hydrogen) atoms. The molecule has 1 aromatic rings. The minimum absolute atomic E-state index is 0.191. The highest BCUT2D eigenvalue weighted by molar-refractivity contribution is 6.30. The number of rotatable bonds is 3. The molecule has 1 fully saturated rings. The molecule has 0 bridgehead atoms. The zero-order valence-corrected chi connectivity index (χ0v) is 10.6. The summed E-state index contributed by atoms with van der Waals surface area (Å²) in [5, 5.41) is 9.76. The molecule has 0 aliphatic carbocycles. The highest BCUT2D eigenvalue weighted by atomic mass is 35.5. The molecule has 1 aromatic carbocycles. The van der Waals surface area contributed by atoms with Gasteiger partial charge in [0.15, 0.2) is 0 Å². The molecule has 2 atom stereocenters. The molecule has 3 nitrogen and oxygen atoms in total. The first kappa shape index (κ1) is 12.8. The van der Waals surface area contributed by atoms with Gasteiger partial charge in [0.05, 0.1) is 6.61 Å². The largest absolute Gasteiger partial charge is 0.395 e. The molecule has 94 valence electrons. The van der Waals surface area contributed by atoms with Crippen LogP contribution in [0.5, 0.6) is 0 Å². The first-order valence-corrected chi connectivity index (χ1v) is 6.41. The molecule has 0 radical (unpaired) electrons. The third-order valence-electron chi connectivity index (χ3n) is 3.32. The van der Waals surface area contributed by atoms with Crippen molar-refractivity contribution in [2.75, 3.05) is 26.2 Å². The Kier molecular flexibility index (Phi) is 4.40. The van der Waals surface area contributed by atoms with Crippen molar-refractivity contribution in [2.45, 2.75) is 18.4 Å². The van der Waals surface area contributed by atoms with Crippen molar-refractivity contribution in [3.63, 3.8) is 0 Å². The van der Waals surface area contributed by atoms with Crippen molar-refractivity contribution in [1.82, 2.24) is 4.90 Å². The van der Waals surface area contributed by atoms with E-state index in [1.54, 1.807) is 0 Å². The van der Waals surface area contributed by atoms with E-state index in [2.05, 4.69) is 17.0 Å². The summed E-state index contributed by atoms with van der Waals surface area (Å²) in [5.74, 6) is 0.447. The molecule has 1 aliphatic rings. The zero-order valence-electron chi connectivity index (χ0n) is 9.85. The van der Waals surface area contributed by atoms with E-state index in [0.717, 1.165) is 24.5 Å². The maximum Gasteiger partial charge on any atom is 0.0558 e. The van der Waals surface area contributed by atoms with Crippen LogP contribution in [0.25, 0.3) is 0 Å². The Morgan fingerprint density at radius 3 is 2.65 bits per heavy atom. The molecule has 0 saturated carbocycles. The van der Waals surface area contributed by atoms with Crippen LogP contribution in [-0.2, 0) is 0 Å². The lowest BCUT2D eigenvalue weighted by molar-refractivity contribution is 0.149. The molecular formula is C13H19ClN2O. The average Bonchev–Trinajstić information content (AvgIpc) is 2.29. The number of β-amino-alcohol motifs (C(OH)–C–C–N with tert-alkyl or cyclic N) is 1. The van der Waals surface area contributed by atoms with Crippen LogP contribution in [0.4, 0.5) is 0 Å². The van der Waals surface area contributed by atoms with Crippen molar-refractivity contribution in [3.05, 3.63) is 34.9 Å². The lowest BCUT2D eigenvalue weighted by Crippen LogP contribution is -2.47.